The Labute approximate surface area is 165 Å². The first-order valence-corrected chi connectivity index (χ1v) is 10.7. The predicted octanol–water partition coefficient (Wildman–Crippen LogP) is 1.36. The number of esters is 1. The highest BCUT2D eigenvalue weighted by Gasteiger charge is 2.34. The fourth-order valence-corrected chi connectivity index (χ4v) is 4.51. The van der Waals surface area contributed by atoms with Gasteiger partial charge in [0, 0.05) is 25.2 Å². The number of benzene rings is 1. The Morgan fingerprint density at radius 2 is 1.89 bits per heavy atom. The zero-order valence-electron chi connectivity index (χ0n) is 16.3. The van der Waals surface area contributed by atoms with E-state index in [1.165, 1.54) is 36.4 Å². The summed E-state index contributed by atoms with van der Waals surface area (Å²) in [5, 5.41) is 2.58. The lowest BCUT2D eigenvalue weighted by Crippen LogP contribution is -2.42. The largest absolute Gasteiger partial charge is 0.452 e. The second-order valence-electron chi connectivity index (χ2n) is 6.74. The molecule has 0 spiro atoms. The zero-order valence-corrected chi connectivity index (χ0v) is 17.1. The van der Waals surface area contributed by atoms with E-state index in [1.807, 2.05) is 0 Å². The van der Waals surface area contributed by atoms with Crippen molar-refractivity contribution in [1.29, 1.82) is 0 Å². The van der Waals surface area contributed by atoms with Crippen LogP contribution in [0.1, 0.15) is 44.0 Å². The van der Waals surface area contributed by atoms with Gasteiger partial charge in [0.15, 0.2) is 11.9 Å². The number of nitrogens with zero attached hydrogens (tertiary/aromatic N) is 1. The summed E-state index contributed by atoms with van der Waals surface area (Å²) in [7, 11) is -3.75. The molecule has 0 aromatic heterocycles. The molecule has 2 rings (SSSR count). The second kappa shape index (κ2) is 9.29. The Morgan fingerprint density at radius 1 is 1.25 bits per heavy atom. The predicted molar refractivity (Wildman–Crippen MR) is 102 cm³/mol. The molecule has 0 saturated carbocycles. The van der Waals surface area contributed by atoms with E-state index in [-0.39, 0.29) is 29.7 Å². The molecule has 0 radical (unpaired) electrons. The summed E-state index contributed by atoms with van der Waals surface area (Å²) in [6.45, 7) is 5.44. The van der Waals surface area contributed by atoms with Crippen LogP contribution in [0.2, 0.25) is 0 Å². The van der Waals surface area contributed by atoms with Crippen LogP contribution in [0.5, 0.6) is 0 Å². The van der Waals surface area contributed by atoms with Crippen molar-refractivity contribution >= 4 is 27.7 Å². The van der Waals surface area contributed by atoms with Gasteiger partial charge >= 0.3 is 5.97 Å². The van der Waals surface area contributed by atoms with Gasteiger partial charge in [-0.25, -0.2) is 8.42 Å². The monoisotopic (exact) mass is 410 g/mol. The third-order valence-corrected chi connectivity index (χ3v) is 6.57. The first-order valence-electron chi connectivity index (χ1n) is 9.26. The van der Waals surface area contributed by atoms with Crippen LogP contribution in [0.25, 0.3) is 0 Å². The third-order valence-electron chi connectivity index (χ3n) is 4.68. The Bertz CT molecular complexity index is 844. The molecule has 1 aliphatic rings. The zero-order chi connectivity index (χ0) is 20.9. The number of ketones is 1. The summed E-state index contributed by atoms with van der Waals surface area (Å²) in [5.41, 5.74) is 0.332. The molecule has 154 valence electrons. The average Bonchev–Trinajstić information content (AvgIpc) is 2.68. The number of Topliss-reactive ketones (excluding diaryl/α,β-unsaturated/α-hetero) is 1. The van der Waals surface area contributed by atoms with Crippen molar-refractivity contribution in [3.05, 3.63) is 29.8 Å². The van der Waals surface area contributed by atoms with Crippen molar-refractivity contribution in [3.63, 3.8) is 0 Å². The van der Waals surface area contributed by atoms with Crippen LogP contribution in [-0.2, 0) is 24.3 Å². The lowest BCUT2D eigenvalue weighted by atomic mass is 9.98. The van der Waals surface area contributed by atoms with E-state index in [0.29, 0.717) is 24.9 Å². The number of piperidine rings is 1. The molecule has 1 amide bonds. The van der Waals surface area contributed by atoms with Gasteiger partial charge in [0.2, 0.25) is 10.0 Å². The molecule has 8 nitrogen and oxygen atoms in total. The molecule has 9 heteroatoms. The summed E-state index contributed by atoms with van der Waals surface area (Å²) in [6, 6.07) is 5.93. The number of ether oxygens (including phenoxy) is 1. The van der Waals surface area contributed by atoms with Gasteiger partial charge in [0.05, 0.1) is 10.8 Å². The summed E-state index contributed by atoms with van der Waals surface area (Å²) in [4.78, 5) is 35.5. The normalized spacial score (nSPS) is 17.0. The maximum Gasteiger partial charge on any atom is 0.309 e. The molecule has 0 bridgehead atoms. The first-order chi connectivity index (χ1) is 13.2. The molecule has 0 unspecified atom stereocenters. The number of sulfonamides is 1. The van der Waals surface area contributed by atoms with Gasteiger partial charge in [-0.1, -0.05) is 12.1 Å². The number of carbonyl (C=O) groups is 3. The maximum atomic E-state index is 12.8. The van der Waals surface area contributed by atoms with Crippen LogP contribution in [0.15, 0.2) is 29.2 Å². The first kappa shape index (κ1) is 22.0. The standard InChI is InChI=1S/C19H26N2O6S/c1-4-20-18(23)14(3)27-19(24)15-8-10-21(11-9-15)28(25,26)17-7-5-6-16(12-17)13(2)22/h5-7,12,14-15H,4,8-11H2,1-3H3,(H,20,23)/t14-/m0/s1. The Hall–Kier alpha value is -2.26. The molecular formula is C19H26N2O6S. The molecule has 28 heavy (non-hydrogen) atoms. The molecular weight excluding hydrogens is 384 g/mol. The van der Waals surface area contributed by atoms with Gasteiger partial charge in [-0.3, -0.25) is 14.4 Å². The highest BCUT2D eigenvalue weighted by molar-refractivity contribution is 7.89. The third kappa shape index (κ3) is 5.17. The van der Waals surface area contributed by atoms with Gasteiger partial charge in [-0.2, -0.15) is 4.31 Å². The van der Waals surface area contributed by atoms with Crippen LogP contribution in [0.4, 0.5) is 0 Å². The number of hydrogen-bond donors (Lipinski definition) is 1. The van der Waals surface area contributed by atoms with Gasteiger partial charge in [0.25, 0.3) is 5.91 Å². The quantitative estimate of drug-likeness (QED) is 0.537. The lowest BCUT2D eigenvalue weighted by Gasteiger charge is -2.30. The van der Waals surface area contributed by atoms with Crippen molar-refractivity contribution in [2.24, 2.45) is 5.92 Å². The number of hydrogen-bond acceptors (Lipinski definition) is 6. The molecule has 1 fully saturated rings. The highest BCUT2D eigenvalue weighted by atomic mass is 32.2. The Morgan fingerprint density at radius 3 is 2.46 bits per heavy atom. The van der Waals surface area contributed by atoms with Crippen LogP contribution in [0.3, 0.4) is 0 Å². The Kier molecular flexibility index (Phi) is 7.31. The maximum absolute atomic E-state index is 12.8. The number of likely N-dealkylation sites (N-methyl/N-ethyl adjacent to an activating group) is 1. The second-order valence-corrected chi connectivity index (χ2v) is 8.67. The van der Waals surface area contributed by atoms with E-state index < -0.39 is 28.0 Å². The van der Waals surface area contributed by atoms with Crippen LogP contribution >= 0.6 is 0 Å². The van der Waals surface area contributed by atoms with Crippen molar-refractivity contribution in [2.45, 2.75) is 44.6 Å². The van der Waals surface area contributed by atoms with E-state index in [4.69, 9.17) is 4.74 Å². The van der Waals surface area contributed by atoms with Crippen LogP contribution < -0.4 is 5.32 Å². The van der Waals surface area contributed by atoms with Crippen molar-refractivity contribution in [2.75, 3.05) is 19.6 Å². The van der Waals surface area contributed by atoms with E-state index in [9.17, 15) is 22.8 Å². The fraction of sp³-hybridized carbons (Fsp3) is 0.526. The minimum Gasteiger partial charge on any atom is -0.452 e. The van der Waals surface area contributed by atoms with E-state index in [2.05, 4.69) is 5.32 Å². The van der Waals surface area contributed by atoms with Gasteiger partial charge in [-0.15, -0.1) is 0 Å². The summed E-state index contributed by atoms with van der Waals surface area (Å²) < 4.78 is 32.2. The number of carbonyl (C=O) groups excluding carboxylic acids is 3. The van der Waals surface area contributed by atoms with E-state index in [1.54, 1.807) is 13.0 Å². The molecule has 0 aliphatic carbocycles. The van der Waals surface area contributed by atoms with Crippen molar-refractivity contribution in [1.82, 2.24) is 9.62 Å². The van der Waals surface area contributed by atoms with Crippen molar-refractivity contribution in [3.8, 4) is 0 Å². The number of nitrogens with one attached hydrogen (secondary N) is 1. The molecule has 1 atom stereocenters. The number of amides is 1. The molecule has 1 aliphatic heterocycles. The number of rotatable bonds is 7. The topological polar surface area (TPSA) is 110 Å². The van der Waals surface area contributed by atoms with E-state index in [0.717, 1.165) is 0 Å². The molecule has 1 aromatic rings. The van der Waals surface area contributed by atoms with E-state index >= 15 is 0 Å². The highest BCUT2D eigenvalue weighted by Crippen LogP contribution is 2.25. The average molecular weight is 410 g/mol. The SMILES string of the molecule is CCNC(=O)[C@H](C)OC(=O)C1CCN(S(=O)(=O)c2cccc(C(C)=O)c2)CC1. The molecule has 1 heterocycles. The lowest BCUT2D eigenvalue weighted by molar-refractivity contribution is -0.159. The van der Waals surface area contributed by atoms with Crippen molar-refractivity contribution < 1.29 is 27.5 Å². The minimum absolute atomic E-state index is 0.0612. The minimum atomic E-state index is -3.75. The molecule has 1 aromatic carbocycles. The van der Waals surface area contributed by atoms with Gasteiger partial charge in [-0.05, 0) is 45.7 Å². The van der Waals surface area contributed by atoms with Crippen LogP contribution in [-0.4, -0.2) is 56.1 Å². The van der Waals surface area contributed by atoms with Gasteiger partial charge < -0.3 is 10.1 Å². The summed E-state index contributed by atoms with van der Waals surface area (Å²) in [5.74, 6) is -1.51. The fourth-order valence-electron chi connectivity index (χ4n) is 3.00. The smallest absolute Gasteiger partial charge is 0.309 e. The summed E-state index contributed by atoms with van der Waals surface area (Å²) >= 11 is 0. The Balaban J connectivity index is 1.99. The summed E-state index contributed by atoms with van der Waals surface area (Å²) in [6.07, 6.45) is -0.261. The molecule has 1 saturated heterocycles. The van der Waals surface area contributed by atoms with Gasteiger partial charge in [0.1, 0.15) is 0 Å². The molecule has 1 N–H and O–H groups in total. The van der Waals surface area contributed by atoms with Crippen LogP contribution in [0, 0.1) is 5.92 Å².